The Morgan fingerprint density at radius 2 is 1.83 bits per heavy atom. The number of hydrogen-bond donors (Lipinski definition) is 0. The van der Waals surface area contributed by atoms with Crippen molar-refractivity contribution in [1.82, 2.24) is 4.90 Å². The first-order valence-corrected chi connectivity index (χ1v) is 8.07. The number of amides is 1. The Morgan fingerprint density at radius 3 is 2.39 bits per heavy atom. The average Bonchev–Trinajstić information content (AvgIpc) is 2.43. The average molecular weight is 323 g/mol. The molecule has 1 fully saturated rings. The number of nitrogens with zero attached hydrogens (tertiary/aromatic N) is 1. The highest BCUT2D eigenvalue weighted by atomic mass is 19.1. The molecule has 1 aliphatic heterocycles. The third-order valence-corrected chi connectivity index (χ3v) is 3.95. The summed E-state index contributed by atoms with van der Waals surface area (Å²) in [7, 11) is 0. The van der Waals surface area contributed by atoms with Crippen LogP contribution in [0.15, 0.2) is 24.3 Å². The van der Waals surface area contributed by atoms with Gasteiger partial charge in [0.15, 0.2) is 0 Å². The van der Waals surface area contributed by atoms with Crippen LogP contribution in [-0.4, -0.2) is 35.3 Å². The van der Waals surface area contributed by atoms with E-state index in [1.807, 2.05) is 27.7 Å². The fourth-order valence-electron chi connectivity index (χ4n) is 2.73. The molecule has 4 nitrogen and oxygen atoms in total. The Morgan fingerprint density at radius 1 is 1.22 bits per heavy atom. The lowest BCUT2D eigenvalue weighted by Gasteiger charge is -2.41. The smallest absolute Gasteiger partial charge is 0.410 e. The van der Waals surface area contributed by atoms with E-state index in [-0.39, 0.29) is 30.0 Å². The van der Waals surface area contributed by atoms with E-state index in [2.05, 4.69) is 6.92 Å². The van der Waals surface area contributed by atoms with E-state index in [1.165, 1.54) is 12.1 Å². The zero-order valence-electron chi connectivity index (χ0n) is 14.5. The Labute approximate surface area is 137 Å². The summed E-state index contributed by atoms with van der Waals surface area (Å²) in [5.74, 6) is 0.545. The van der Waals surface area contributed by atoms with Crippen molar-refractivity contribution >= 4 is 6.09 Å². The maximum Gasteiger partial charge on any atom is 0.410 e. The quantitative estimate of drug-likeness (QED) is 0.817. The SMILES string of the molecule is CC1CN(C(=O)OC(C)(C)C)C(C)C[C@@H]1Oc1ccc(F)cc1. The molecular weight excluding hydrogens is 297 g/mol. The molecule has 0 N–H and O–H groups in total. The molecule has 23 heavy (non-hydrogen) atoms. The van der Waals surface area contributed by atoms with Crippen molar-refractivity contribution in [2.75, 3.05) is 6.54 Å². The molecule has 2 unspecified atom stereocenters. The molecule has 1 heterocycles. The van der Waals surface area contributed by atoms with Gasteiger partial charge in [-0.05, 0) is 52.0 Å². The van der Waals surface area contributed by atoms with Crippen LogP contribution >= 0.6 is 0 Å². The van der Waals surface area contributed by atoms with Crippen LogP contribution in [0.3, 0.4) is 0 Å². The van der Waals surface area contributed by atoms with Gasteiger partial charge in [0.1, 0.15) is 23.3 Å². The predicted octanol–water partition coefficient (Wildman–Crippen LogP) is 4.24. The minimum Gasteiger partial charge on any atom is -0.490 e. The molecule has 1 aromatic rings. The maximum atomic E-state index is 13.0. The number of carbonyl (C=O) groups excluding carboxylic acids is 1. The van der Waals surface area contributed by atoms with Gasteiger partial charge in [-0.15, -0.1) is 0 Å². The van der Waals surface area contributed by atoms with Crippen LogP contribution in [0.1, 0.15) is 41.0 Å². The van der Waals surface area contributed by atoms with Crippen molar-refractivity contribution in [1.29, 1.82) is 0 Å². The normalized spacial score (nSPS) is 25.1. The number of carbonyl (C=O) groups is 1. The van der Waals surface area contributed by atoms with Crippen molar-refractivity contribution in [3.63, 3.8) is 0 Å². The molecule has 1 amide bonds. The fraction of sp³-hybridized carbons (Fsp3) is 0.611. The van der Waals surface area contributed by atoms with E-state index in [1.54, 1.807) is 17.0 Å². The summed E-state index contributed by atoms with van der Waals surface area (Å²) in [6.45, 7) is 10.2. The molecule has 0 radical (unpaired) electrons. The van der Waals surface area contributed by atoms with E-state index in [0.29, 0.717) is 12.3 Å². The number of rotatable bonds is 2. The van der Waals surface area contributed by atoms with Crippen molar-refractivity contribution in [3.8, 4) is 5.75 Å². The van der Waals surface area contributed by atoms with Crippen molar-refractivity contribution in [2.24, 2.45) is 5.92 Å². The van der Waals surface area contributed by atoms with E-state index >= 15 is 0 Å². The molecule has 0 aromatic heterocycles. The first kappa shape index (κ1) is 17.6. The summed E-state index contributed by atoms with van der Waals surface area (Å²) in [5.41, 5.74) is -0.499. The lowest BCUT2D eigenvalue weighted by Crippen LogP contribution is -2.52. The third-order valence-electron chi connectivity index (χ3n) is 3.95. The second-order valence-electron chi connectivity index (χ2n) is 7.30. The molecule has 1 aromatic carbocycles. The predicted molar refractivity (Wildman–Crippen MR) is 87.0 cm³/mol. The zero-order valence-corrected chi connectivity index (χ0v) is 14.5. The van der Waals surface area contributed by atoms with Gasteiger partial charge in [0, 0.05) is 24.9 Å². The van der Waals surface area contributed by atoms with E-state index in [4.69, 9.17) is 9.47 Å². The van der Waals surface area contributed by atoms with Crippen LogP contribution in [0.4, 0.5) is 9.18 Å². The lowest BCUT2D eigenvalue weighted by atomic mass is 9.92. The highest BCUT2D eigenvalue weighted by molar-refractivity contribution is 5.68. The summed E-state index contributed by atoms with van der Waals surface area (Å²) in [6.07, 6.45) is 0.434. The summed E-state index contributed by atoms with van der Waals surface area (Å²) in [4.78, 5) is 14.1. The van der Waals surface area contributed by atoms with Crippen LogP contribution in [0.2, 0.25) is 0 Å². The van der Waals surface area contributed by atoms with Gasteiger partial charge < -0.3 is 14.4 Å². The van der Waals surface area contributed by atoms with Crippen LogP contribution in [0, 0.1) is 11.7 Å². The Balaban J connectivity index is 1.98. The molecule has 1 saturated heterocycles. The van der Waals surface area contributed by atoms with Crippen LogP contribution in [0.5, 0.6) is 5.75 Å². The van der Waals surface area contributed by atoms with Crippen LogP contribution in [0.25, 0.3) is 0 Å². The molecule has 2 rings (SSSR count). The molecular formula is C18H26FNO3. The minimum absolute atomic E-state index is 0.00542. The zero-order chi connectivity index (χ0) is 17.2. The second kappa shape index (κ2) is 6.77. The van der Waals surface area contributed by atoms with Gasteiger partial charge in [0.2, 0.25) is 0 Å². The summed E-state index contributed by atoms with van der Waals surface area (Å²) < 4.78 is 24.4. The first-order valence-electron chi connectivity index (χ1n) is 8.07. The van der Waals surface area contributed by atoms with Crippen LogP contribution in [-0.2, 0) is 4.74 Å². The number of benzene rings is 1. The van der Waals surface area contributed by atoms with Gasteiger partial charge in [0.05, 0.1) is 0 Å². The molecule has 128 valence electrons. The van der Waals surface area contributed by atoms with Crippen LogP contribution < -0.4 is 4.74 Å². The molecule has 5 heteroatoms. The standard InChI is InChI=1S/C18H26FNO3/c1-12-11-20(17(21)23-18(3,4)5)13(2)10-16(12)22-15-8-6-14(19)7-9-15/h6-9,12-13,16H,10-11H2,1-5H3/t12?,13?,16-/m0/s1. The van der Waals surface area contributed by atoms with Gasteiger partial charge in [0.25, 0.3) is 0 Å². The van der Waals surface area contributed by atoms with E-state index < -0.39 is 5.60 Å². The number of likely N-dealkylation sites (tertiary alicyclic amines) is 1. The van der Waals surface area contributed by atoms with E-state index in [9.17, 15) is 9.18 Å². The Bertz CT molecular complexity index is 538. The monoisotopic (exact) mass is 323 g/mol. The molecule has 3 atom stereocenters. The highest BCUT2D eigenvalue weighted by Gasteiger charge is 2.36. The third kappa shape index (κ3) is 4.85. The Kier molecular flexibility index (Phi) is 5.17. The fourth-order valence-corrected chi connectivity index (χ4v) is 2.73. The van der Waals surface area contributed by atoms with Gasteiger partial charge in [-0.25, -0.2) is 9.18 Å². The number of hydrogen-bond acceptors (Lipinski definition) is 3. The van der Waals surface area contributed by atoms with Gasteiger partial charge >= 0.3 is 6.09 Å². The van der Waals surface area contributed by atoms with Crippen molar-refractivity contribution < 1.29 is 18.7 Å². The minimum atomic E-state index is -0.499. The molecule has 0 saturated carbocycles. The topological polar surface area (TPSA) is 38.8 Å². The largest absolute Gasteiger partial charge is 0.490 e. The number of halogens is 1. The molecule has 1 aliphatic rings. The van der Waals surface area contributed by atoms with Gasteiger partial charge in [-0.1, -0.05) is 6.92 Å². The van der Waals surface area contributed by atoms with Crippen molar-refractivity contribution in [3.05, 3.63) is 30.1 Å². The molecule has 0 bridgehead atoms. The van der Waals surface area contributed by atoms with Crippen molar-refractivity contribution in [2.45, 2.75) is 58.8 Å². The first-order chi connectivity index (χ1) is 10.7. The van der Waals surface area contributed by atoms with E-state index in [0.717, 1.165) is 6.42 Å². The maximum absolute atomic E-state index is 13.0. The van der Waals surface area contributed by atoms with Gasteiger partial charge in [-0.2, -0.15) is 0 Å². The second-order valence-corrected chi connectivity index (χ2v) is 7.30. The molecule has 0 spiro atoms. The summed E-state index contributed by atoms with van der Waals surface area (Å²) in [6, 6.07) is 6.07. The Hall–Kier alpha value is -1.78. The number of ether oxygens (including phenoxy) is 2. The summed E-state index contributed by atoms with van der Waals surface area (Å²) >= 11 is 0. The highest BCUT2D eigenvalue weighted by Crippen LogP contribution is 2.28. The lowest BCUT2D eigenvalue weighted by molar-refractivity contribution is -0.0164. The number of piperidine rings is 1. The summed E-state index contributed by atoms with van der Waals surface area (Å²) in [5, 5.41) is 0. The molecule has 0 aliphatic carbocycles. The van der Waals surface area contributed by atoms with Gasteiger partial charge in [-0.3, -0.25) is 0 Å².